The lowest BCUT2D eigenvalue weighted by Crippen LogP contribution is -2.16. The fraction of sp³-hybridized carbons (Fsp3) is 0.200. The van der Waals surface area contributed by atoms with Gasteiger partial charge < -0.3 is 4.52 Å². The molecule has 0 bridgehead atoms. The van der Waals surface area contributed by atoms with Crippen LogP contribution in [-0.4, -0.2) is 11.5 Å². The van der Waals surface area contributed by atoms with E-state index in [2.05, 4.69) is 0 Å². The molecule has 1 fully saturated rings. The van der Waals surface area contributed by atoms with E-state index in [0.717, 1.165) is 5.56 Å². The molecule has 1 saturated heterocycles. The molecule has 1 aliphatic rings. The summed E-state index contributed by atoms with van der Waals surface area (Å²) in [6.45, 7) is 0.206. The minimum absolute atomic E-state index is 0.0925. The van der Waals surface area contributed by atoms with Gasteiger partial charge in [-0.3, -0.25) is 19.2 Å². The summed E-state index contributed by atoms with van der Waals surface area (Å²) in [7, 11) is -3.81. The number of phosphoric acid groups is 1. The van der Waals surface area contributed by atoms with Crippen LogP contribution in [0.2, 0.25) is 5.02 Å². The Kier molecular flexibility index (Phi) is 4.87. The van der Waals surface area contributed by atoms with E-state index < -0.39 is 18.8 Å². The maximum atomic E-state index is 12.6. The first-order valence-corrected chi connectivity index (χ1v) is 8.91. The SMILES string of the molecule is O=[N+]([O-])c1ccc(OP2(=O)OCCC(c3ccc(Cl)cc3)O2)cc1. The number of hydrogen-bond acceptors (Lipinski definition) is 6. The molecule has 2 unspecified atom stereocenters. The summed E-state index contributed by atoms with van der Waals surface area (Å²) < 4.78 is 28.7. The molecular weight excluding hydrogens is 357 g/mol. The first kappa shape index (κ1) is 16.9. The van der Waals surface area contributed by atoms with Crippen molar-refractivity contribution >= 4 is 25.1 Å². The zero-order chi connectivity index (χ0) is 17.2. The zero-order valence-electron chi connectivity index (χ0n) is 12.3. The summed E-state index contributed by atoms with van der Waals surface area (Å²) in [6.07, 6.45) is 0.0785. The quantitative estimate of drug-likeness (QED) is 0.432. The Hall–Kier alpha value is -1.92. The van der Waals surface area contributed by atoms with Crippen molar-refractivity contribution in [3.8, 4) is 5.75 Å². The summed E-state index contributed by atoms with van der Waals surface area (Å²) in [6, 6.07) is 12.2. The number of benzene rings is 2. The van der Waals surface area contributed by atoms with Crippen molar-refractivity contribution in [2.24, 2.45) is 0 Å². The largest absolute Gasteiger partial charge is 0.530 e. The van der Waals surface area contributed by atoms with Crippen molar-refractivity contribution < 1.29 is 23.1 Å². The molecule has 0 amide bonds. The van der Waals surface area contributed by atoms with Crippen molar-refractivity contribution in [2.45, 2.75) is 12.5 Å². The van der Waals surface area contributed by atoms with Crippen LogP contribution < -0.4 is 4.52 Å². The lowest BCUT2D eigenvalue weighted by atomic mass is 10.1. The number of nitrogens with zero attached hydrogens (tertiary/aromatic N) is 1. The molecule has 126 valence electrons. The first-order chi connectivity index (χ1) is 11.5. The molecule has 2 aromatic rings. The molecule has 7 nitrogen and oxygen atoms in total. The number of nitro benzene ring substituents is 1. The van der Waals surface area contributed by atoms with E-state index >= 15 is 0 Å². The molecule has 1 heterocycles. The van der Waals surface area contributed by atoms with E-state index in [1.807, 2.05) is 0 Å². The van der Waals surface area contributed by atoms with Crippen LogP contribution in [0.15, 0.2) is 48.5 Å². The lowest BCUT2D eigenvalue weighted by molar-refractivity contribution is -0.384. The van der Waals surface area contributed by atoms with Gasteiger partial charge in [0.05, 0.1) is 17.6 Å². The summed E-state index contributed by atoms with van der Waals surface area (Å²) >= 11 is 5.86. The minimum atomic E-state index is -3.81. The molecule has 2 atom stereocenters. The van der Waals surface area contributed by atoms with E-state index in [4.69, 9.17) is 25.2 Å². The van der Waals surface area contributed by atoms with Gasteiger partial charge in [-0.05, 0) is 29.8 Å². The van der Waals surface area contributed by atoms with E-state index in [1.165, 1.54) is 24.3 Å². The summed E-state index contributed by atoms with van der Waals surface area (Å²) in [5.41, 5.74) is 0.723. The van der Waals surface area contributed by atoms with Crippen molar-refractivity contribution in [3.05, 3.63) is 69.2 Å². The van der Waals surface area contributed by atoms with Gasteiger partial charge in [0.25, 0.3) is 5.69 Å². The van der Waals surface area contributed by atoms with E-state index in [-0.39, 0.29) is 18.0 Å². The van der Waals surface area contributed by atoms with Crippen molar-refractivity contribution in [1.29, 1.82) is 0 Å². The van der Waals surface area contributed by atoms with Crippen LogP contribution in [0.3, 0.4) is 0 Å². The van der Waals surface area contributed by atoms with Gasteiger partial charge in [0.1, 0.15) is 5.75 Å². The second-order valence-corrected chi connectivity index (χ2v) is 7.04. The Bertz CT molecular complexity index is 780. The number of hydrogen-bond donors (Lipinski definition) is 0. The molecule has 0 radical (unpaired) electrons. The molecule has 0 aliphatic carbocycles. The third-order valence-corrected chi connectivity index (χ3v) is 5.09. The minimum Gasteiger partial charge on any atom is -0.404 e. The zero-order valence-corrected chi connectivity index (χ0v) is 14.0. The second-order valence-electron chi connectivity index (χ2n) is 5.06. The molecule has 2 aromatic carbocycles. The van der Waals surface area contributed by atoms with Crippen LogP contribution in [0.4, 0.5) is 5.69 Å². The monoisotopic (exact) mass is 369 g/mol. The molecule has 9 heteroatoms. The Balaban J connectivity index is 1.73. The Morgan fingerprint density at radius 2 is 1.83 bits per heavy atom. The van der Waals surface area contributed by atoms with Gasteiger partial charge in [-0.25, -0.2) is 4.57 Å². The fourth-order valence-electron chi connectivity index (χ4n) is 2.22. The molecule has 24 heavy (non-hydrogen) atoms. The van der Waals surface area contributed by atoms with Crippen LogP contribution in [0, 0.1) is 10.1 Å². The third kappa shape index (κ3) is 3.94. The van der Waals surface area contributed by atoms with Crippen LogP contribution in [0.1, 0.15) is 18.1 Å². The summed E-state index contributed by atoms with van der Waals surface area (Å²) in [4.78, 5) is 10.1. The van der Waals surface area contributed by atoms with Gasteiger partial charge in [-0.2, -0.15) is 0 Å². The fourth-order valence-corrected chi connectivity index (χ4v) is 3.75. The predicted molar refractivity (Wildman–Crippen MR) is 87.2 cm³/mol. The Morgan fingerprint density at radius 1 is 1.17 bits per heavy atom. The van der Waals surface area contributed by atoms with Crippen molar-refractivity contribution in [1.82, 2.24) is 0 Å². The summed E-state index contributed by atoms with van der Waals surface area (Å²) in [5, 5.41) is 11.2. The van der Waals surface area contributed by atoms with Gasteiger partial charge in [-0.1, -0.05) is 23.7 Å². The van der Waals surface area contributed by atoms with Crippen molar-refractivity contribution in [2.75, 3.05) is 6.61 Å². The average Bonchev–Trinajstić information content (AvgIpc) is 2.55. The molecule has 0 N–H and O–H groups in total. The van der Waals surface area contributed by atoms with E-state index in [0.29, 0.717) is 11.4 Å². The molecule has 3 rings (SSSR count). The number of phosphoric ester groups is 1. The van der Waals surface area contributed by atoms with E-state index in [1.54, 1.807) is 24.3 Å². The Labute approximate surface area is 142 Å². The van der Waals surface area contributed by atoms with Crippen LogP contribution in [0.25, 0.3) is 0 Å². The van der Waals surface area contributed by atoms with Crippen LogP contribution in [0.5, 0.6) is 5.75 Å². The topological polar surface area (TPSA) is 87.9 Å². The van der Waals surface area contributed by atoms with Gasteiger partial charge in [0.15, 0.2) is 0 Å². The number of rotatable bonds is 4. The third-order valence-electron chi connectivity index (χ3n) is 3.39. The maximum absolute atomic E-state index is 12.6. The van der Waals surface area contributed by atoms with Crippen LogP contribution >= 0.6 is 19.4 Å². The van der Waals surface area contributed by atoms with E-state index in [9.17, 15) is 14.7 Å². The van der Waals surface area contributed by atoms with Gasteiger partial charge >= 0.3 is 7.82 Å². The number of non-ortho nitro benzene ring substituents is 1. The number of nitro groups is 1. The first-order valence-electron chi connectivity index (χ1n) is 7.08. The van der Waals surface area contributed by atoms with Gasteiger partial charge in [0, 0.05) is 23.6 Å². The standard InChI is InChI=1S/C15H13ClNO6P/c16-12-3-1-11(2-4-12)15-9-10-21-24(20,23-15)22-14-7-5-13(6-8-14)17(18)19/h1-8,15H,9-10H2. The normalized spacial score (nSPS) is 23.6. The maximum Gasteiger partial charge on any atom is 0.530 e. The lowest BCUT2D eigenvalue weighted by Gasteiger charge is -2.29. The Morgan fingerprint density at radius 3 is 2.46 bits per heavy atom. The van der Waals surface area contributed by atoms with Gasteiger partial charge in [-0.15, -0.1) is 0 Å². The van der Waals surface area contributed by atoms with Crippen molar-refractivity contribution in [3.63, 3.8) is 0 Å². The highest BCUT2D eigenvalue weighted by Crippen LogP contribution is 2.56. The summed E-state index contributed by atoms with van der Waals surface area (Å²) in [5.74, 6) is 0.167. The molecule has 0 saturated carbocycles. The van der Waals surface area contributed by atoms with Crippen LogP contribution in [-0.2, 0) is 13.6 Å². The van der Waals surface area contributed by atoms with Gasteiger partial charge in [0.2, 0.25) is 0 Å². The average molecular weight is 370 g/mol. The molecule has 1 aliphatic heterocycles. The predicted octanol–water partition coefficient (Wildman–Crippen LogP) is 4.91. The highest BCUT2D eigenvalue weighted by molar-refractivity contribution is 7.49. The number of halogens is 1. The molecule has 0 spiro atoms. The molecule has 0 aromatic heterocycles. The highest BCUT2D eigenvalue weighted by atomic mass is 35.5. The second kappa shape index (κ2) is 6.91. The highest BCUT2D eigenvalue weighted by Gasteiger charge is 2.37. The smallest absolute Gasteiger partial charge is 0.404 e. The molecular formula is C15H13ClNO6P.